The highest BCUT2D eigenvalue weighted by Gasteiger charge is 2.09. The Balaban J connectivity index is 1.85. The summed E-state index contributed by atoms with van der Waals surface area (Å²) in [6, 6.07) is 10.4. The molecule has 0 bridgehead atoms. The van der Waals surface area contributed by atoms with Gasteiger partial charge < -0.3 is 15.4 Å². The molecule has 2 rings (SSSR count). The van der Waals surface area contributed by atoms with Gasteiger partial charge in [0.25, 0.3) is 0 Å². The molecule has 2 aromatic rings. The number of benzene rings is 1. The largest absolute Gasteiger partial charge is 0.381 e. The lowest BCUT2D eigenvalue weighted by Gasteiger charge is -2.15. The number of guanidine groups is 1. The molecule has 1 aromatic heterocycles. The molecule has 0 aliphatic carbocycles. The zero-order valence-corrected chi connectivity index (χ0v) is 17.1. The van der Waals surface area contributed by atoms with Crippen molar-refractivity contribution in [1.29, 1.82) is 0 Å². The summed E-state index contributed by atoms with van der Waals surface area (Å²) >= 11 is 0. The Bertz CT molecular complexity index is 723. The number of hydrogen-bond donors (Lipinski definition) is 2. The van der Waals surface area contributed by atoms with E-state index >= 15 is 0 Å². The molecular weight excluding hydrogens is 338 g/mol. The molecule has 148 valence electrons. The van der Waals surface area contributed by atoms with Gasteiger partial charge in [-0.3, -0.25) is 4.99 Å². The van der Waals surface area contributed by atoms with E-state index in [1.807, 2.05) is 17.7 Å². The average Bonchev–Trinajstić information content (AvgIpc) is 3.01. The summed E-state index contributed by atoms with van der Waals surface area (Å²) in [5.41, 5.74) is 4.42. The van der Waals surface area contributed by atoms with Crippen molar-refractivity contribution in [3.63, 3.8) is 0 Å². The first kappa shape index (κ1) is 21.0. The van der Waals surface area contributed by atoms with Gasteiger partial charge in [-0.15, -0.1) is 0 Å². The summed E-state index contributed by atoms with van der Waals surface area (Å²) in [5, 5.41) is 11.3. The molecule has 2 N–H and O–H groups in total. The zero-order chi connectivity index (χ0) is 19.5. The number of unbranched alkanes of at least 4 members (excludes halogenated alkanes) is 1. The van der Waals surface area contributed by atoms with E-state index in [4.69, 9.17) is 4.74 Å². The summed E-state index contributed by atoms with van der Waals surface area (Å²) in [7, 11) is 1.79. The van der Waals surface area contributed by atoms with Gasteiger partial charge in [0, 0.05) is 39.0 Å². The smallest absolute Gasteiger partial charge is 0.191 e. The Morgan fingerprint density at radius 3 is 2.63 bits per heavy atom. The van der Waals surface area contributed by atoms with Crippen LogP contribution in [0.2, 0.25) is 0 Å². The minimum Gasteiger partial charge on any atom is -0.381 e. The van der Waals surface area contributed by atoms with E-state index in [2.05, 4.69) is 58.8 Å². The first-order chi connectivity index (χ1) is 13.2. The predicted octanol–water partition coefficient (Wildman–Crippen LogP) is 3.36. The molecule has 1 aromatic carbocycles. The molecule has 27 heavy (non-hydrogen) atoms. The molecule has 0 aliphatic rings. The molecular formula is C21H33N5O. The lowest BCUT2D eigenvalue weighted by Crippen LogP contribution is -2.37. The number of aromatic nitrogens is 2. The maximum absolute atomic E-state index is 5.59. The molecule has 0 radical (unpaired) electrons. The first-order valence-electron chi connectivity index (χ1n) is 9.79. The predicted molar refractivity (Wildman–Crippen MR) is 112 cm³/mol. The number of nitrogens with one attached hydrogen (secondary N) is 2. The van der Waals surface area contributed by atoms with Gasteiger partial charge in [0.1, 0.15) is 0 Å². The highest BCUT2D eigenvalue weighted by molar-refractivity contribution is 5.79. The fourth-order valence-corrected chi connectivity index (χ4v) is 2.87. The quantitative estimate of drug-likeness (QED) is 0.382. The van der Waals surface area contributed by atoms with Gasteiger partial charge >= 0.3 is 0 Å². The highest BCUT2D eigenvalue weighted by Crippen LogP contribution is 2.16. The van der Waals surface area contributed by atoms with Crippen LogP contribution >= 0.6 is 0 Å². The van der Waals surface area contributed by atoms with Crippen molar-refractivity contribution in [2.45, 2.75) is 46.6 Å². The van der Waals surface area contributed by atoms with Crippen molar-refractivity contribution in [3.05, 3.63) is 47.3 Å². The highest BCUT2D eigenvalue weighted by atomic mass is 16.5. The standard InChI is InChI=1S/C21H33N5O/c1-5-6-13-27-14-9-12-23-21(22-4)24-16-19-10-7-8-11-20(19)26-18(3)15-17(2)25-26/h7-8,10-11,15H,5-6,9,12-14,16H2,1-4H3,(H2,22,23,24). The van der Waals surface area contributed by atoms with E-state index in [-0.39, 0.29) is 0 Å². The van der Waals surface area contributed by atoms with Crippen molar-refractivity contribution in [1.82, 2.24) is 20.4 Å². The molecule has 6 heteroatoms. The van der Waals surface area contributed by atoms with Crippen LogP contribution in [0.4, 0.5) is 0 Å². The molecule has 0 saturated carbocycles. The van der Waals surface area contributed by atoms with Gasteiger partial charge in [-0.1, -0.05) is 31.5 Å². The summed E-state index contributed by atoms with van der Waals surface area (Å²) in [6.07, 6.45) is 3.27. The maximum Gasteiger partial charge on any atom is 0.191 e. The van der Waals surface area contributed by atoms with Gasteiger partial charge in [0.2, 0.25) is 0 Å². The van der Waals surface area contributed by atoms with Crippen LogP contribution in [0.1, 0.15) is 43.1 Å². The van der Waals surface area contributed by atoms with Gasteiger partial charge in [-0.05, 0) is 44.4 Å². The molecule has 0 atom stereocenters. The lowest BCUT2D eigenvalue weighted by molar-refractivity contribution is 0.129. The Morgan fingerprint density at radius 2 is 1.93 bits per heavy atom. The Hall–Kier alpha value is -2.34. The monoisotopic (exact) mass is 371 g/mol. The van der Waals surface area contributed by atoms with E-state index in [0.29, 0.717) is 6.54 Å². The van der Waals surface area contributed by atoms with Crippen molar-refractivity contribution in [2.75, 3.05) is 26.8 Å². The lowest BCUT2D eigenvalue weighted by atomic mass is 10.1. The van der Waals surface area contributed by atoms with Crippen molar-refractivity contribution in [3.8, 4) is 5.69 Å². The van der Waals surface area contributed by atoms with Crippen LogP contribution in [-0.2, 0) is 11.3 Å². The van der Waals surface area contributed by atoms with Crippen molar-refractivity contribution < 1.29 is 4.74 Å². The Labute approximate surface area is 163 Å². The number of hydrogen-bond acceptors (Lipinski definition) is 3. The second kappa shape index (κ2) is 11.4. The number of aryl methyl sites for hydroxylation is 2. The number of para-hydroxylation sites is 1. The first-order valence-corrected chi connectivity index (χ1v) is 9.79. The summed E-state index contributed by atoms with van der Waals surface area (Å²) in [6.45, 7) is 9.42. The van der Waals surface area contributed by atoms with E-state index in [1.165, 1.54) is 12.0 Å². The minimum absolute atomic E-state index is 0.682. The fraction of sp³-hybridized carbons (Fsp3) is 0.524. The minimum atomic E-state index is 0.682. The molecule has 0 spiro atoms. The molecule has 0 fully saturated rings. The van der Waals surface area contributed by atoms with Crippen LogP contribution in [0.5, 0.6) is 0 Å². The van der Waals surface area contributed by atoms with Crippen LogP contribution in [0.25, 0.3) is 5.69 Å². The zero-order valence-electron chi connectivity index (χ0n) is 17.1. The second-order valence-corrected chi connectivity index (χ2v) is 6.64. The summed E-state index contributed by atoms with van der Waals surface area (Å²) < 4.78 is 7.58. The van der Waals surface area contributed by atoms with Crippen LogP contribution in [0.15, 0.2) is 35.3 Å². The number of ether oxygens (including phenoxy) is 1. The topological polar surface area (TPSA) is 63.5 Å². The summed E-state index contributed by atoms with van der Waals surface area (Å²) in [4.78, 5) is 4.31. The van der Waals surface area contributed by atoms with E-state index in [0.717, 1.165) is 55.6 Å². The Morgan fingerprint density at radius 1 is 1.15 bits per heavy atom. The second-order valence-electron chi connectivity index (χ2n) is 6.64. The number of aliphatic imine (C=N–C) groups is 1. The molecule has 0 aliphatic heterocycles. The number of rotatable bonds is 10. The molecule has 1 heterocycles. The van der Waals surface area contributed by atoms with Crippen LogP contribution in [-0.4, -0.2) is 42.5 Å². The summed E-state index contributed by atoms with van der Waals surface area (Å²) in [5.74, 6) is 0.798. The van der Waals surface area contributed by atoms with Gasteiger partial charge in [-0.25, -0.2) is 4.68 Å². The van der Waals surface area contributed by atoms with Crippen LogP contribution < -0.4 is 10.6 Å². The van der Waals surface area contributed by atoms with Gasteiger partial charge in [0.15, 0.2) is 5.96 Å². The normalized spacial score (nSPS) is 11.6. The third kappa shape index (κ3) is 6.71. The van der Waals surface area contributed by atoms with Gasteiger partial charge in [0.05, 0.1) is 11.4 Å². The molecule has 0 amide bonds. The van der Waals surface area contributed by atoms with E-state index in [9.17, 15) is 0 Å². The molecule has 0 saturated heterocycles. The van der Waals surface area contributed by atoms with Crippen molar-refractivity contribution in [2.24, 2.45) is 4.99 Å². The van der Waals surface area contributed by atoms with Gasteiger partial charge in [-0.2, -0.15) is 5.10 Å². The third-order valence-corrected chi connectivity index (χ3v) is 4.30. The SMILES string of the molecule is CCCCOCCCNC(=NC)NCc1ccccc1-n1nc(C)cc1C. The van der Waals surface area contributed by atoms with E-state index in [1.54, 1.807) is 7.05 Å². The third-order valence-electron chi connectivity index (χ3n) is 4.30. The molecule has 0 unspecified atom stereocenters. The Kier molecular flexibility index (Phi) is 8.84. The maximum atomic E-state index is 5.59. The van der Waals surface area contributed by atoms with Crippen LogP contribution in [0.3, 0.4) is 0 Å². The number of nitrogens with zero attached hydrogens (tertiary/aromatic N) is 3. The van der Waals surface area contributed by atoms with E-state index < -0.39 is 0 Å². The van der Waals surface area contributed by atoms with Crippen LogP contribution in [0, 0.1) is 13.8 Å². The molecule has 6 nitrogen and oxygen atoms in total. The van der Waals surface area contributed by atoms with Crippen molar-refractivity contribution >= 4 is 5.96 Å². The fourth-order valence-electron chi connectivity index (χ4n) is 2.87. The average molecular weight is 372 g/mol.